The lowest BCUT2D eigenvalue weighted by Crippen LogP contribution is -2.51. The smallest absolute Gasteiger partial charge is 0.331 e. The molecule has 41 heavy (non-hydrogen) atoms. The predicted molar refractivity (Wildman–Crippen MR) is 153 cm³/mol. The molecular weight excluding hydrogens is 525 g/mol. The summed E-state index contributed by atoms with van der Waals surface area (Å²) in [5.41, 5.74) is -0.896. The molecule has 2 saturated carbocycles. The Morgan fingerprint density at radius 1 is 1.10 bits per heavy atom. The number of halogens is 1. The first kappa shape index (κ1) is 28.3. The quantitative estimate of drug-likeness (QED) is 0.416. The zero-order valence-electron chi connectivity index (χ0n) is 23.3. The van der Waals surface area contributed by atoms with Crippen molar-refractivity contribution in [2.24, 2.45) is 5.92 Å². The maximum atomic E-state index is 15.3. The SMILES string of the molecule is CC(C)n1c(=O)n(CC2CC2)c(=O)c2cc(NC(=O)CC3(NC(=O)c4ccc(C#N)cc4)CCCCC3)c(F)cc21. The van der Waals surface area contributed by atoms with Crippen LogP contribution in [0, 0.1) is 23.1 Å². The molecule has 2 aliphatic rings. The lowest BCUT2D eigenvalue weighted by Gasteiger charge is -2.37. The van der Waals surface area contributed by atoms with Gasteiger partial charge in [0.25, 0.3) is 11.5 Å². The van der Waals surface area contributed by atoms with Crippen molar-refractivity contribution in [1.82, 2.24) is 14.5 Å². The highest BCUT2D eigenvalue weighted by molar-refractivity contribution is 5.97. The Morgan fingerprint density at radius 3 is 2.39 bits per heavy atom. The molecular formula is C31H34FN5O4. The second-order valence-electron chi connectivity index (χ2n) is 11.7. The third-order valence-electron chi connectivity index (χ3n) is 8.15. The fourth-order valence-corrected chi connectivity index (χ4v) is 5.80. The maximum absolute atomic E-state index is 15.3. The standard InChI is InChI=1S/C31H34FN5O4/c1-19(2)37-26-15-24(32)25(14-23(26)29(40)36(30(37)41)18-21-6-7-21)34-27(38)16-31(12-4-3-5-13-31)35-28(39)22-10-8-20(17-33)9-11-22/h8-11,14-15,19,21H,3-7,12-13,16,18H2,1-2H3,(H,34,38)(H,35,39). The number of aromatic nitrogens is 2. The van der Waals surface area contributed by atoms with Crippen molar-refractivity contribution >= 4 is 28.4 Å². The lowest BCUT2D eigenvalue weighted by atomic mass is 9.78. The van der Waals surface area contributed by atoms with E-state index < -0.39 is 28.5 Å². The van der Waals surface area contributed by atoms with Crippen molar-refractivity contribution in [3.05, 3.63) is 74.2 Å². The number of nitrogens with zero attached hydrogens (tertiary/aromatic N) is 3. The molecule has 214 valence electrons. The van der Waals surface area contributed by atoms with Crippen LogP contribution in [0.3, 0.4) is 0 Å². The molecule has 0 spiro atoms. The molecule has 1 aromatic heterocycles. The van der Waals surface area contributed by atoms with Gasteiger partial charge in [-0.25, -0.2) is 9.18 Å². The van der Waals surface area contributed by atoms with E-state index in [2.05, 4.69) is 10.6 Å². The van der Waals surface area contributed by atoms with Crippen LogP contribution in [-0.4, -0.2) is 26.5 Å². The Hall–Kier alpha value is -4.26. The number of fused-ring (bicyclic) bond motifs is 1. The summed E-state index contributed by atoms with van der Waals surface area (Å²) in [5, 5.41) is 14.9. The summed E-state index contributed by atoms with van der Waals surface area (Å²) < 4.78 is 18.0. The molecule has 2 aliphatic carbocycles. The highest BCUT2D eigenvalue weighted by Gasteiger charge is 2.36. The predicted octanol–water partition coefficient (Wildman–Crippen LogP) is 4.63. The average molecular weight is 560 g/mol. The van der Waals surface area contributed by atoms with Crippen molar-refractivity contribution in [2.45, 2.75) is 83.3 Å². The molecule has 2 amide bonds. The number of nitrogens with one attached hydrogen (secondary N) is 2. The van der Waals surface area contributed by atoms with Crippen LogP contribution in [0.25, 0.3) is 10.9 Å². The number of hydrogen-bond acceptors (Lipinski definition) is 5. The zero-order chi connectivity index (χ0) is 29.3. The summed E-state index contributed by atoms with van der Waals surface area (Å²) in [6, 6.07) is 10.4. The van der Waals surface area contributed by atoms with Gasteiger partial charge in [-0.3, -0.25) is 23.5 Å². The zero-order valence-corrected chi connectivity index (χ0v) is 23.3. The van der Waals surface area contributed by atoms with E-state index in [1.165, 1.54) is 15.2 Å². The Bertz CT molecular complexity index is 1660. The van der Waals surface area contributed by atoms with E-state index in [9.17, 15) is 19.2 Å². The van der Waals surface area contributed by atoms with Gasteiger partial charge in [0.15, 0.2) is 0 Å². The van der Waals surface area contributed by atoms with Crippen molar-refractivity contribution in [1.29, 1.82) is 5.26 Å². The largest absolute Gasteiger partial charge is 0.346 e. The van der Waals surface area contributed by atoms with E-state index in [1.807, 2.05) is 6.07 Å². The summed E-state index contributed by atoms with van der Waals surface area (Å²) in [5.74, 6) is -1.30. The highest BCUT2D eigenvalue weighted by Crippen LogP contribution is 2.33. The van der Waals surface area contributed by atoms with Crippen molar-refractivity contribution in [2.75, 3.05) is 5.32 Å². The van der Waals surface area contributed by atoms with Gasteiger partial charge in [-0.15, -0.1) is 0 Å². The number of carbonyl (C=O) groups is 2. The van der Waals surface area contributed by atoms with Crippen LogP contribution in [0.5, 0.6) is 0 Å². The first-order chi connectivity index (χ1) is 19.6. The normalized spacial score (nSPS) is 16.4. The summed E-state index contributed by atoms with van der Waals surface area (Å²) in [6.45, 7) is 3.92. The average Bonchev–Trinajstić information content (AvgIpc) is 3.76. The van der Waals surface area contributed by atoms with Crippen molar-refractivity contribution in [3.8, 4) is 6.07 Å². The van der Waals surface area contributed by atoms with Crippen molar-refractivity contribution < 1.29 is 14.0 Å². The third-order valence-corrected chi connectivity index (χ3v) is 8.15. The van der Waals surface area contributed by atoms with Gasteiger partial charge >= 0.3 is 5.69 Å². The van der Waals surface area contributed by atoms with Crippen LogP contribution in [0.2, 0.25) is 0 Å². The molecule has 9 nitrogen and oxygen atoms in total. The van der Waals surface area contributed by atoms with Crippen LogP contribution < -0.4 is 21.9 Å². The van der Waals surface area contributed by atoms with Crippen LogP contribution in [0.15, 0.2) is 46.0 Å². The second-order valence-corrected chi connectivity index (χ2v) is 11.7. The van der Waals surface area contributed by atoms with Crippen molar-refractivity contribution in [3.63, 3.8) is 0 Å². The molecule has 3 aromatic rings. The lowest BCUT2D eigenvalue weighted by molar-refractivity contribution is -0.117. The summed E-state index contributed by atoms with van der Waals surface area (Å²) in [6.07, 6.45) is 5.69. The van der Waals surface area contributed by atoms with E-state index in [4.69, 9.17) is 5.26 Å². The Kier molecular flexibility index (Phi) is 7.80. The second kappa shape index (κ2) is 11.3. The number of rotatable bonds is 8. The molecule has 0 saturated heterocycles. The topological polar surface area (TPSA) is 126 Å². The number of anilines is 1. The molecule has 2 fully saturated rings. The molecule has 1 heterocycles. The van der Waals surface area contributed by atoms with Crippen LogP contribution in [-0.2, 0) is 11.3 Å². The van der Waals surface area contributed by atoms with E-state index in [0.29, 0.717) is 30.5 Å². The number of hydrogen-bond donors (Lipinski definition) is 2. The van der Waals surface area contributed by atoms with Gasteiger partial charge in [0.2, 0.25) is 5.91 Å². The first-order valence-electron chi connectivity index (χ1n) is 14.2. The van der Waals surface area contributed by atoms with Gasteiger partial charge in [-0.2, -0.15) is 5.26 Å². The molecule has 0 bridgehead atoms. The highest BCUT2D eigenvalue weighted by atomic mass is 19.1. The Balaban J connectivity index is 1.42. The molecule has 2 N–H and O–H groups in total. The summed E-state index contributed by atoms with van der Waals surface area (Å²) in [7, 11) is 0. The minimum Gasteiger partial charge on any atom is -0.346 e. The maximum Gasteiger partial charge on any atom is 0.331 e. The van der Waals surface area contributed by atoms with Gasteiger partial charge in [-0.1, -0.05) is 19.3 Å². The molecule has 0 radical (unpaired) electrons. The van der Waals surface area contributed by atoms with E-state index in [-0.39, 0.29) is 40.9 Å². The fourth-order valence-electron chi connectivity index (χ4n) is 5.80. The Morgan fingerprint density at radius 2 is 1.78 bits per heavy atom. The fraction of sp³-hybridized carbons (Fsp3) is 0.452. The Labute approximate surface area is 237 Å². The number of carbonyl (C=O) groups excluding carboxylic acids is 2. The third kappa shape index (κ3) is 5.94. The van der Waals surface area contributed by atoms with Gasteiger partial charge < -0.3 is 10.6 Å². The molecule has 5 rings (SSSR count). The van der Waals surface area contributed by atoms with Crippen LogP contribution in [0.1, 0.15) is 87.2 Å². The number of nitriles is 1. The molecule has 0 atom stereocenters. The van der Waals surface area contributed by atoms with E-state index in [0.717, 1.165) is 38.2 Å². The molecule has 10 heteroatoms. The van der Waals surface area contributed by atoms with Crippen LogP contribution >= 0.6 is 0 Å². The van der Waals surface area contributed by atoms with E-state index in [1.54, 1.807) is 38.1 Å². The number of benzene rings is 2. The molecule has 2 aromatic carbocycles. The van der Waals surface area contributed by atoms with E-state index >= 15 is 4.39 Å². The molecule has 0 unspecified atom stereocenters. The minimum atomic E-state index is -0.810. The summed E-state index contributed by atoms with van der Waals surface area (Å²) >= 11 is 0. The minimum absolute atomic E-state index is 0.0656. The monoisotopic (exact) mass is 559 g/mol. The van der Waals surface area contributed by atoms with Gasteiger partial charge in [-0.05, 0) is 75.8 Å². The van der Waals surface area contributed by atoms with Gasteiger partial charge in [0, 0.05) is 29.8 Å². The van der Waals surface area contributed by atoms with Crippen LogP contribution in [0.4, 0.5) is 10.1 Å². The molecule has 0 aliphatic heterocycles. The summed E-state index contributed by atoms with van der Waals surface area (Å²) in [4.78, 5) is 52.9. The van der Waals surface area contributed by atoms with Gasteiger partial charge in [0.05, 0.1) is 34.6 Å². The van der Waals surface area contributed by atoms with Gasteiger partial charge in [0.1, 0.15) is 5.82 Å². The number of amides is 2. The first-order valence-corrected chi connectivity index (χ1v) is 14.2.